The predicted octanol–water partition coefficient (Wildman–Crippen LogP) is 6.79. The van der Waals surface area contributed by atoms with Crippen LogP contribution in [0.3, 0.4) is 0 Å². The highest BCUT2D eigenvalue weighted by molar-refractivity contribution is 5.88. The van der Waals surface area contributed by atoms with Gasteiger partial charge in [0.2, 0.25) is 0 Å². The highest BCUT2D eigenvalue weighted by Crippen LogP contribution is 2.38. The van der Waals surface area contributed by atoms with Gasteiger partial charge in [0, 0.05) is 0 Å². The number of hydrogen-bond donors (Lipinski definition) is 0. The fraction of sp³-hybridized carbons (Fsp3) is 0.217. The van der Waals surface area contributed by atoms with E-state index >= 15 is 0 Å². The van der Waals surface area contributed by atoms with Gasteiger partial charge in [-0.15, -0.1) is 13.2 Å². The summed E-state index contributed by atoms with van der Waals surface area (Å²) >= 11 is 0. The van der Waals surface area contributed by atoms with E-state index in [-0.39, 0.29) is 5.92 Å². The van der Waals surface area contributed by atoms with Gasteiger partial charge < -0.3 is 4.74 Å². The zero-order chi connectivity index (χ0) is 19.9. The Kier molecular flexibility index (Phi) is 4.61. The second-order valence-electron chi connectivity index (χ2n) is 7.07. The second-order valence-corrected chi connectivity index (χ2v) is 7.07. The summed E-state index contributed by atoms with van der Waals surface area (Å²) < 4.78 is 54.8. The minimum absolute atomic E-state index is 0.0619. The van der Waals surface area contributed by atoms with Gasteiger partial charge in [-0.2, -0.15) is 0 Å². The first-order valence-corrected chi connectivity index (χ1v) is 9.06. The molecule has 1 aliphatic carbocycles. The van der Waals surface area contributed by atoms with Gasteiger partial charge in [0.05, 0.1) is 0 Å². The molecule has 1 unspecified atom stereocenters. The van der Waals surface area contributed by atoms with Gasteiger partial charge in [-0.3, -0.25) is 0 Å². The first kappa shape index (κ1) is 18.5. The molecule has 144 valence electrons. The number of rotatable bonds is 3. The van der Waals surface area contributed by atoms with Gasteiger partial charge in [0.25, 0.3) is 0 Å². The number of aryl methyl sites for hydroxylation is 1. The summed E-state index contributed by atoms with van der Waals surface area (Å²) in [6.07, 6.45) is -0.705. The molecule has 0 fully saturated rings. The van der Waals surface area contributed by atoms with E-state index in [0.29, 0.717) is 5.56 Å². The van der Waals surface area contributed by atoms with E-state index in [1.807, 2.05) is 12.1 Å². The van der Waals surface area contributed by atoms with Gasteiger partial charge in [-0.05, 0) is 76.4 Å². The third kappa shape index (κ3) is 3.61. The van der Waals surface area contributed by atoms with Crippen molar-refractivity contribution in [3.05, 3.63) is 83.2 Å². The molecule has 0 heterocycles. The van der Waals surface area contributed by atoms with Crippen molar-refractivity contribution < 1.29 is 22.3 Å². The number of ether oxygens (including phenoxy) is 1. The molecule has 0 amide bonds. The van der Waals surface area contributed by atoms with E-state index in [4.69, 9.17) is 0 Å². The minimum atomic E-state index is -4.90. The zero-order valence-corrected chi connectivity index (χ0v) is 15.0. The van der Waals surface area contributed by atoms with Crippen LogP contribution in [-0.4, -0.2) is 6.36 Å². The fourth-order valence-electron chi connectivity index (χ4n) is 4.02. The summed E-state index contributed by atoms with van der Waals surface area (Å²) in [7, 11) is 0. The lowest BCUT2D eigenvalue weighted by molar-refractivity contribution is -0.275. The number of hydrogen-bond acceptors (Lipinski definition) is 1. The van der Waals surface area contributed by atoms with Crippen molar-refractivity contribution in [3.8, 4) is 5.75 Å². The Bertz CT molecular complexity index is 1050. The lowest BCUT2D eigenvalue weighted by Gasteiger charge is -2.26. The van der Waals surface area contributed by atoms with Crippen molar-refractivity contribution in [3.63, 3.8) is 0 Å². The van der Waals surface area contributed by atoms with Gasteiger partial charge in [-0.25, -0.2) is 4.39 Å². The van der Waals surface area contributed by atoms with E-state index in [2.05, 4.69) is 35.6 Å². The van der Waals surface area contributed by atoms with E-state index < -0.39 is 17.9 Å². The summed E-state index contributed by atoms with van der Waals surface area (Å²) in [5, 5.41) is 2.37. The van der Waals surface area contributed by atoms with E-state index in [9.17, 15) is 17.6 Å². The molecule has 1 aliphatic rings. The Balaban J connectivity index is 1.61. The predicted molar refractivity (Wildman–Crippen MR) is 102 cm³/mol. The first-order valence-electron chi connectivity index (χ1n) is 9.06. The Morgan fingerprint density at radius 1 is 1.04 bits per heavy atom. The highest BCUT2D eigenvalue weighted by atomic mass is 19.4. The molecule has 0 aliphatic heterocycles. The van der Waals surface area contributed by atoms with Gasteiger partial charge >= 0.3 is 6.36 Å². The molecule has 3 aromatic rings. The maximum atomic E-state index is 14.1. The zero-order valence-electron chi connectivity index (χ0n) is 15.0. The lowest BCUT2D eigenvalue weighted by atomic mass is 9.78. The standard InChI is InChI=1S/C23H18F4O/c1-2-14-3-8-19-17(11-14)4-5-18-12-15(6-9-20(18)19)16-7-10-22(21(24)13-16)28-23(25,26)27/h2-5,7-8,10-11,13,15H,1,6,9,12H2. The Hall–Kier alpha value is -2.82. The minimum Gasteiger partial charge on any atom is -0.403 e. The van der Waals surface area contributed by atoms with Crippen molar-refractivity contribution >= 4 is 16.8 Å². The molecule has 0 bridgehead atoms. The number of benzene rings is 3. The van der Waals surface area contributed by atoms with Crippen molar-refractivity contribution in [2.45, 2.75) is 31.5 Å². The van der Waals surface area contributed by atoms with E-state index in [1.165, 1.54) is 22.6 Å². The molecule has 1 nitrogen and oxygen atoms in total. The average molecular weight is 386 g/mol. The Labute approximate surface area is 160 Å². The molecule has 4 rings (SSSR count). The van der Waals surface area contributed by atoms with Crippen molar-refractivity contribution in [1.82, 2.24) is 0 Å². The van der Waals surface area contributed by atoms with Crippen molar-refractivity contribution in [2.75, 3.05) is 0 Å². The molecule has 0 aromatic heterocycles. The van der Waals surface area contributed by atoms with Crippen LogP contribution in [0.4, 0.5) is 17.6 Å². The van der Waals surface area contributed by atoms with Crippen LogP contribution in [0.25, 0.3) is 16.8 Å². The molecule has 0 spiro atoms. The molecule has 3 aromatic carbocycles. The lowest BCUT2D eigenvalue weighted by Crippen LogP contribution is -2.18. The summed E-state index contributed by atoms with van der Waals surface area (Å²) in [6.45, 7) is 3.80. The quantitative estimate of drug-likeness (QED) is 0.450. The van der Waals surface area contributed by atoms with Gasteiger partial charge in [0.15, 0.2) is 11.6 Å². The normalized spacial score (nSPS) is 16.6. The molecular weight excluding hydrogens is 368 g/mol. The third-order valence-corrected chi connectivity index (χ3v) is 5.35. The van der Waals surface area contributed by atoms with Crippen LogP contribution in [-0.2, 0) is 12.8 Å². The Morgan fingerprint density at radius 2 is 1.86 bits per heavy atom. The van der Waals surface area contributed by atoms with Crippen LogP contribution < -0.4 is 4.74 Å². The maximum absolute atomic E-state index is 14.1. The van der Waals surface area contributed by atoms with Crippen molar-refractivity contribution in [2.24, 2.45) is 0 Å². The summed E-state index contributed by atoms with van der Waals surface area (Å²) in [4.78, 5) is 0. The molecule has 0 saturated carbocycles. The van der Waals surface area contributed by atoms with Crippen molar-refractivity contribution in [1.29, 1.82) is 0 Å². The SMILES string of the molecule is C=Cc1ccc2c3c(ccc2c1)CC(c1ccc(OC(F)(F)F)c(F)c1)CC3. The fourth-order valence-corrected chi connectivity index (χ4v) is 4.02. The maximum Gasteiger partial charge on any atom is 0.573 e. The topological polar surface area (TPSA) is 9.23 Å². The number of alkyl halides is 3. The second kappa shape index (κ2) is 6.97. The number of fused-ring (bicyclic) bond motifs is 3. The summed E-state index contributed by atoms with van der Waals surface area (Å²) in [5.41, 5.74) is 4.26. The molecule has 28 heavy (non-hydrogen) atoms. The molecule has 0 saturated heterocycles. The van der Waals surface area contributed by atoms with E-state index in [0.717, 1.165) is 42.3 Å². The molecule has 0 N–H and O–H groups in total. The molecule has 1 atom stereocenters. The van der Waals surface area contributed by atoms with Crippen LogP contribution in [0.5, 0.6) is 5.75 Å². The van der Waals surface area contributed by atoms with Gasteiger partial charge in [-0.1, -0.05) is 43.0 Å². The monoisotopic (exact) mass is 386 g/mol. The molecule has 0 radical (unpaired) electrons. The molecular formula is C23H18F4O. The van der Waals surface area contributed by atoms with Crippen LogP contribution in [0.1, 0.15) is 34.6 Å². The van der Waals surface area contributed by atoms with Crippen LogP contribution in [0, 0.1) is 5.82 Å². The van der Waals surface area contributed by atoms with Crippen LogP contribution in [0.15, 0.2) is 55.1 Å². The largest absolute Gasteiger partial charge is 0.573 e. The highest BCUT2D eigenvalue weighted by Gasteiger charge is 2.32. The van der Waals surface area contributed by atoms with Crippen LogP contribution in [0.2, 0.25) is 0 Å². The number of halogens is 4. The Morgan fingerprint density at radius 3 is 2.57 bits per heavy atom. The molecule has 5 heteroatoms. The van der Waals surface area contributed by atoms with Crippen LogP contribution >= 0.6 is 0 Å². The van der Waals surface area contributed by atoms with Gasteiger partial charge in [0.1, 0.15) is 0 Å². The first-order chi connectivity index (χ1) is 13.3. The summed E-state index contributed by atoms with van der Waals surface area (Å²) in [5.74, 6) is -1.72. The summed E-state index contributed by atoms with van der Waals surface area (Å²) in [6, 6.07) is 14.2. The average Bonchev–Trinajstić information content (AvgIpc) is 2.67. The smallest absolute Gasteiger partial charge is 0.403 e. The van der Waals surface area contributed by atoms with E-state index in [1.54, 1.807) is 0 Å². The third-order valence-electron chi connectivity index (χ3n) is 5.35.